The predicted molar refractivity (Wildman–Crippen MR) is 75.0 cm³/mol. The zero-order valence-electron chi connectivity index (χ0n) is 11.1. The van der Waals surface area contributed by atoms with Crippen molar-refractivity contribution in [1.82, 2.24) is 0 Å². The van der Waals surface area contributed by atoms with Crippen LogP contribution < -0.4 is 5.73 Å². The van der Waals surface area contributed by atoms with Gasteiger partial charge in [-0.3, -0.25) is 0 Å². The Morgan fingerprint density at radius 3 is 2.41 bits per heavy atom. The third kappa shape index (κ3) is 4.32. The topological polar surface area (TPSA) is 26.0 Å². The summed E-state index contributed by atoms with van der Waals surface area (Å²) >= 11 is 1.79. The minimum absolute atomic E-state index is 0.167. The van der Waals surface area contributed by atoms with Gasteiger partial charge in [0.05, 0.1) is 0 Å². The van der Waals surface area contributed by atoms with E-state index in [1.807, 2.05) is 19.9 Å². The lowest BCUT2D eigenvalue weighted by atomic mass is 10.00. The van der Waals surface area contributed by atoms with E-state index in [1.165, 1.54) is 0 Å². The van der Waals surface area contributed by atoms with Crippen LogP contribution in [0.5, 0.6) is 0 Å². The number of nitrogens with two attached hydrogens (primary N) is 1. The van der Waals surface area contributed by atoms with Crippen LogP contribution in [-0.2, 0) is 0 Å². The normalized spacial score (nSPS) is 13.1. The van der Waals surface area contributed by atoms with E-state index in [0.29, 0.717) is 11.5 Å². The van der Waals surface area contributed by atoms with Gasteiger partial charge in [-0.25, -0.2) is 4.39 Å². The van der Waals surface area contributed by atoms with Gasteiger partial charge in [0.2, 0.25) is 0 Å². The maximum absolute atomic E-state index is 13.9. The fourth-order valence-corrected chi connectivity index (χ4v) is 2.94. The molecule has 96 valence electrons. The Kier molecular flexibility index (Phi) is 5.47. The summed E-state index contributed by atoms with van der Waals surface area (Å²) in [4.78, 5) is 0. The first-order valence-electron chi connectivity index (χ1n) is 6.01. The molecule has 0 saturated carbocycles. The molecule has 0 aliphatic rings. The molecule has 0 saturated heterocycles. The summed E-state index contributed by atoms with van der Waals surface area (Å²) in [6.45, 7) is 8.18. The molecule has 1 atom stereocenters. The number of aryl methyl sites for hydroxylation is 2. The van der Waals surface area contributed by atoms with Gasteiger partial charge in [-0.1, -0.05) is 19.9 Å². The Hall–Kier alpha value is -0.540. The van der Waals surface area contributed by atoms with E-state index in [9.17, 15) is 4.39 Å². The van der Waals surface area contributed by atoms with Crippen LogP contribution in [0.1, 0.15) is 36.6 Å². The molecule has 3 heteroatoms. The lowest BCUT2D eigenvalue weighted by Crippen LogP contribution is -2.17. The Bertz CT molecular complexity index is 353. The quantitative estimate of drug-likeness (QED) is 0.865. The first kappa shape index (κ1) is 14.5. The zero-order chi connectivity index (χ0) is 13.0. The van der Waals surface area contributed by atoms with Crippen LogP contribution in [-0.4, -0.2) is 11.5 Å². The average molecular weight is 255 g/mol. The van der Waals surface area contributed by atoms with E-state index in [-0.39, 0.29) is 11.9 Å². The fourth-order valence-electron chi connectivity index (χ4n) is 1.91. The van der Waals surface area contributed by atoms with Crippen molar-refractivity contribution in [2.24, 2.45) is 11.7 Å². The molecular formula is C14H22FNS. The van der Waals surface area contributed by atoms with Crippen molar-refractivity contribution >= 4 is 11.8 Å². The van der Waals surface area contributed by atoms with Crippen LogP contribution in [0.15, 0.2) is 12.1 Å². The van der Waals surface area contributed by atoms with E-state index in [4.69, 9.17) is 5.73 Å². The zero-order valence-corrected chi connectivity index (χ0v) is 11.9. The highest BCUT2D eigenvalue weighted by Crippen LogP contribution is 2.24. The maximum Gasteiger partial charge on any atom is 0.128 e. The minimum atomic E-state index is -0.209. The molecule has 1 rings (SSSR count). The number of hydrogen-bond acceptors (Lipinski definition) is 2. The number of benzene rings is 1. The summed E-state index contributed by atoms with van der Waals surface area (Å²) < 4.78 is 13.9. The number of hydrogen-bond donors (Lipinski definition) is 1. The maximum atomic E-state index is 13.9. The molecule has 0 fully saturated rings. The molecule has 0 heterocycles. The molecule has 0 amide bonds. The first-order chi connectivity index (χ1) is 7.91. The molecule has 1 unspecified atom stereocenters. The molecule has 0 aliphatic carbocycles. The molecule has 0 bridgehead atoms. The Morgan fingerprint density at radius 1 is 1.24 bits per heavy atom. The summed E-state index contributed by atoms with van der Waals surface area (Å²) in [5, 5.41) is 0. The summed E-state index contributed by atoms with van der Waals surface area (Å²) in [7, 11) is 0. The number of thioether (sulfide) groups is 1. The molecule has 0 spiro atoms. The van der Waals surface area contributed by atoms with Crippen LogP contribution >= 0.6 is 11.8 Å². The fraction of sp³-hybridized carbons (Fsp3) is 0.571. The molecule has 1 aromatic carbocycles. The van der Waals surface area contributed by atoms with Gasteiger partial charge in [-0.05, 0) is 42.7 Å². The molecule has 1 nitrogen and oxygen atoms in total. The van der Waals surface area contributed by atoms with E-state index in [2.05, 4.69) is 13.8 Å². The van der Waals surface area contributed by atoms with Crippen molar-refractivity contribution in [1.29, 1.82) is 0 Å². The van der Waals surface area contributed by atoms with Gasteiger partial charge in [0, 0.05) is 17.4 Å². The van der Waals surface area contributed by atoms with Gasteiger partial charge in [0.1, 0.15) is 5.82 Å². The summed E-state index contributed by atoms with van der Waals surface area (Å²) in [5.41, 5.74) is 8.65. The van der Waals surface area contributed by atoms with Crippen molar-refractivity contribution in [3.8, 4) is 0 Å². The molecule has 17 heavy (non-hydrogen) atoms. The highest BCUT2D eigenvalue weighted by molar-refractivity contribution is 7.99. The molecular weight excluding hydrogens is 233 g/mol. The van der Waals surface area contributed by atoms with Crippen molar-refractivity contribution in [2.45, 2.75) is 33.7 Å². The minimum Gasteiger partial charge on any atom is -0.323 e. The lowest BCUT2D eigenvalue weighted by Gasteiger charge is -2.16. The standard InChI is InChI=1S/C14H22FNS/c1-9(2)7-17-8-13(16)14-11(4)5-10(3)6-12(14)15/h5-6,9,13H,7-8,16H2,1-4H3. The van der Waals surface area contributed by atoms with E-state index in [1.54, 1.807) is 17.8 Å². The van der Waals surface area contributed by atoms with Gasteiger partial charge in [0.25, 0.3) is 0 Å². The van der Waals surface area contributed by atoms with Gasteiger partial charge < -0.3 is 5.73 Å². The summed E-state index contributed by atoms with van der Waals surface area (Å²) in [5.74, 6) is 2.33. The van der Waals surface area contributed by atoms with Crippen molar-refractivity contribution < 1.29 is 4.39 Å². The van der Waals surface area contributed by atoms with E-state index < -0.39 is 0 Å². The van der Waals surface area contributed by atoms with Crippen LogP contribution in [0, 0.1) is 25.6 Å². The van der Waals surface area contributed by atoms with E-state index in [0.717, 1.165) is 22.6 Å². The van der Waals surface area contributed by atoms with Gasteiger partial charge in [-0.15, -0.1) is 0 Å². The predicted octanol–water partition coefficient (Wildman–Crippen LogP) is 3.83. The van der Waals surface area contributed by atoms with Crippen LogP contribution in [0.2, 0.25) is 0 Å². The molecule has 0 aromatic heterocycles. The number of rotatable bonds is 5. The van der Waals surface area contributed by atoms with E-state index >= 15 is 0 Å². The third-order valence-electron chi connectivity index (χ3n) is 2.60. The van der Waals surface area contributed by atoms with Crippen molar-refractivity contribution in [3.05, 3.63) is 34.6 Å². The lowest BCUT2D eigenvalue weighted by molar-refractivity contribution is 0.591. The second-order valence-corrected chi connectivity index (χ2v) is 6.09. The van der Waals surface area contributed by atoms with Gasteiger partial charge in [-0.2, -0.15) is 11.8 Å². The summed E-state index contributed by atoms with van der Waals surface area (Å²) in [6.07, 6.45) is 0. The smallest absolute Gasteiger partial charge is 0.128 e. The molecule has 0 aliphatic heterocycles. The van der Waals surface area contributed by atoms with Crippen molar-refractivity contribution in [3.63, 3.8) is 0 Å². The highest BCUT2D eigenvalue weighted by Gasteiger charge is 2.15. The van der Waals surface area contributed by atoms with Crippen LogP contribution in [0.25, 0.3) is 0 Å². The van der Waals surface area contributed by atoms with Crippen LogP contribution in [0.3, 0.4) is 0 Å². The van der Waals surface area contributed by atoms with Crippen molar-refractivity contribution in [2.75, 3.05) is 11.5 Å². The van der Waals surface area contributed by atoms with Crippen LogP contribution in [0.4, 0.5) is 4.39 Å². The summed E-state index contributed by atoms with van der Waals surface area (Å²) in [6, 6.07) is 3.35. The third-order valence-corrected chi connectivity index (χ3v) is 4.10. The Balaban J connectivity index is 2.72. The Labute approximate surface area is 108 Å². The Morgan fingerprint density at radius 2 is 1.88 bits per heavy atom. The largest absolute Gasteiger partial charge is 0.323 e. The molecule has 2 N–H and O–H groups in total. The number of halogens is 1. The SMILES string of the molecule is Cc1cc(C)c(C(N)CSCC(C)C)c(F)c1. The second-order valence-electron chi connectivity index (χ2n) is 5.02. The van der Waals surface area contributed by atoms with Gasteiger partial charge in [0.15, 0.2) is 0 Å². The monoisotopic (exact) mass is 255 g/mol. The molecule has 1 aromatic rings. The average Bonchev–Trinajstić information content (AvgIpc) is 2.14. The highest BCUT2D eigenvalue weighted by atomic mass is 32.2. The van der Waals surface area contributed by atoms with Gasteiger partial charge >= 0.3 is 0 Å². The molecule has 0 radical (unpaired) electrons. The second kappa shape index (κ2) is 6.41. The first-order valence-corrected chi connectivity index (χ1v) is 7.17.